The van der Waals surface area contributed by atoms with Gasteiger partial charge in [0.05, 0.1) is 6.26 Å². The summed E-state index contributed by atoms with van der Waals surface area (Å²) in [6.45, 7) is 4.23. The van der Waals surface area contributed by atoms with Gasteiger partial charge in [0.2, 0.25) is 0 Å². The molecule has 2 N–H and O–H groups in total. The van der Waals surface area contributed by atoms with Gasteiger partial charge < -0.3 is 14.8 Å². The van der Waals surface area contributed by atoms with Crippen molar-refractivity contribution in [3.8, 4) is 5.75 Å². The number of benzene rings is 1. The van der Waals surface area contributed by atoms with E-state index in [2.05, 4.69) is 35.1 Å². The summed E-state index contributed by atoms with van der Waals surface area (Å²) in [4.78, 5) is 0. The molecule has 0 aliphatic heterocycles. The maximum atomic E-state index is 10.0. The fourth-order valence-corrected chi connectivity index (χ4v) is 2.74. The summed E-state index contributed by atoms with van der Waals surface area (Å²) in [5.74, 6) is 1.30. The fourth-order valence-electron chi connectivity index (χ4n) is 2.36. The predicted molar refractivity (Wildman–Crippen MR) is 83.8 cm³/mol. The van der Waals surface area contributed by atoms with Gasteiger partial charge in [-0.25, -0.2) is 0 Å². The molecule has 0 aliphatic rings. The van der Waals surface area contributed by atoms with Gasteiger partial charge in [-0.15, -0.1) is 0 Å². The topological polar surface area (TPSA) is 45.4 Å². The second-order valence-corrected chi connectivity index (χ2v) is 5.93. The molecule has 0 amide bonds. The van der Waals surface area contributed by atoms with Gasteiger partial charge in [0.15, 0.2) is 0 Å². The Morgan fingerprint density at radius 3 is 2.80 bits per heavy atom. The normalized spacial score (nSPS) is 14.2. The van der Waals surface area contributed by atoms with Gasteiger partial charge in [0.1, 0.15) is 11.5 Å². The molecule has 108 valence electrons. The molecule has 0 saturated heterocycles. The second kappa shape index (κ2) is 6.95. The van der Waals surface area contributed by atoms with Crippen LogP contribution in [0.4, 0.5) is 0 Å². The third-order valence-electron chi connectivity index (χ3n) is 3.35. The minimum absolute atomic E-state index is 0.123. The summed E-state index contributed by atoms with van der Waals surface area (Å²) in [7, 11) is 0. The van der Waals surface area contributed by atoms with E-state index in [1.165, 1.54) is 0 Å². The smallest absolute Gasteiger partial charge is 0.120 e. The van der Waals surface area contributed by atoms with E-state index in [-0.39, 0.29) is 12.1 Å². The molecule has 1 aromatic heterocycles. The lowest BCUT2D eigenvalue weighted by Crippen LogP contribution is -2.31. The molecule has 1 aromatic carbocycles. The molecule has 4 heteroatoms. The van der Waals surface area contributed by atoms with Crippen LogP contribution in [0.5, 0.6) is 5.75 Å². The Balaban J connectivity index is 2.06. The third kappa shape index (κ3) is 3.87. The van der Waals surface area contributed by atoms with Crippen molar-refractivity contribution in [3.05, 3.63) is 52.4 Å². The Kier molecular flexibility index (Phi) is 5.26. The van der Waals surface area contributed by atoms with Crippen molar-refractivity contribution in [2.24, 2.45) is 0 Å². The quantitative estimate of drug-likeness (QED) is 0.820. The zero-order valence-corrected chi connectivity index (χ0v) is 13.4. The lowest BCUT2D eigenvalue weighted by molar-refractivity contribution is 0.395. The Labute approximate surface area is 128 Å². The maximum Gasteiger partial charge on any atom is 0.120 e. The van der Waals surface area contributed by atoms with Gasteiger partial charge in [-0.1, -0.05) is 22.9 Å². The Bertz CT molecular complexity index is 539. The number of halogens is 1. The van der Waals surface area contributed by atoms with Gasteiger partial charge in [-0.3, -0.25) is 0 Å². The molecule has 0 radical (unpaired) electrons. The van der Waals surface area contributed by atoms with Crippen molar-refractivity contribution in [1.82, 2.24) is 5.32 Å². The number of furan rings is 1. The number of rotatable bonds is 6. The molecule has 0 saturated carbocycles. The zero-order chi connectivity index (χ0) is 14.5. The molecule has 3 nitrogen and oxygen atoms in total. The number of nitrogens with one attached hydrogen (secondary N) is 1. The largest absolute Gasteiger partial charge is 0.508 e. The first kappa shape index (κ1) is 15.1. The monoisotopic (exact) mass is 337 g/mol. The first-order valence-electron chi connectivity index (χ1n) is 6.87. The summed E-state index contributed by atoms with van der Waals surface area (Å²) in [5.41, 5.74) is 0.924. The second-order valence-electron chi connectivity index (χ2n) is 5.02. The van der Waals surface area contributed by atoms with Crippen LogP contribution in [0.15, 0.2) is 45.5 Å². The first-order chi connectivity index (χ1) is 9.60. The van der Waals surface area contributed by atoms with E-state index < -0.39 is 0 Å². The highest BCUT2D eigenvalue weighted by molar-refractivity contribution is 9.10. The highest BCUT2D eigenvalue weighted by Crippen LogP contribution is 2.29. The summed E-state index contributed by atoms with van der Waals surface area (Å²) in [6, 6.07) is 9.81. The fraction of sp³-hybridized carbons (Fsp3) is 0.375. The van der Waals surface area contributed by atoms with E-state index in [0.717, 1.165) is 28.6 Å². The van der Waals surface area contributed by atoms with Crippen LogP contribution in [0.1, 0.15) is 37.6 Å². The first-order valence-corrected chi connectivity index (χ1v) is 7.66. The highest BCUT2D eigenvalue weighted by Gasteiger charge is 2.17. The van der Waals surface area contributed by atoms with Crippen LogP contribution in [0, 0.1) is 0 Å². The molecule has 0 spiro atoms. The Hall–Kier alpha value is -1.26. The molecule has 2 unspecified atom stereocenters. The average Bonchev–Trinajstić information content (AvgIpc) is 2.92. The molecular formula is C16H20BrNO2. The number of phenols is 1. The van der Waals surface area contributed by atoms with Gasteiger partial charge in [0, 0.05) is 28.5 Å². The standard InChI is InChI=1S/C16H20BrNO2/c1-3-15(14-10-12(17)6-7-16(14)19)18-11(2)9-13-5-4-8-20-13/h4-8,10-11,15,18-19H,3,9H2,1-2H3. The van der Waals surface area contributed by atoms with Crippen LogP contribution < -0.4 is 5.32 Å². The van der Waals surface area contributed by atoms with Crippen molar-refractivity contribution in [1.29, 1.82) is 0 Å². The zero-order valence-electron chi connectivity index (χ0n) is 11.8. The summed E-state index contributed by atoms with van der Waals surface area (Å²) < 4.78 is 6.35. The molecule has 2 atom stereocenters. The highest BCUT2D eigenvalue weighted by atomic mass is 79.9. The van der Waals surface area contributed by atoms with E-state index in [4.69, 9.17) is 4.42 Å². The SMILES string of the molecule is CCC(NC(C)Cc1ccco1)c1cc(Br)ccc1O. The van der Waals surface area contributed by atoms with E-state index in [9.17, 15) is 5.11 Å². The minimum atomic E-state index is 0.123. The molecule has 0 bridgehead atoms. The molecule has 1 heterocycles. The summed E-state index contributed by atoms with van der Waals surface area (Å²) in [5, 5.41) is 13.6. The number of hydrogen-bond acceptors (Lipinski definition) is 3. The van der Waals surface area contributed by atoms with Gasteiger partial charge in [-0.2, -0.15) is 0 Å². The van der Waals surface area contributed by atoms with Crippen molar-refractivity contribution in [3.63, 3.8) is 0 Å². The van der Waals surface area contributed by atoms with Gasteiger partial charge >= 0.3 is 0 Å². The van der Waals surface area contributed by atoms with Gasteiger partial charge in [0.25, 0.3) is 0 Å². The number of phenolic OH excluding ortho intramolecular Hbond substituents is 1. The lowest BCUT2D eigenvalue weighted by Gasteiger charge is -2.23. The van der Waals surface area contributed by atoms with Crippen LogP contribution in [-0.4, -0.2) is 11.1 Å². The third-order valence-corrected chi connectivity index (χ3v) is 3.84. The predicted octanol–water partition coefficient (Wildman–Crippen LogP) is 4.42. The lowest BCUT2D eigenvalue weighted by atomic mass is 10.0. The van der Waals surface area contributed by atoms with Crippen molar-refractivity contribution >= 4 is 15.9 Å². The van der Waals surface area contributed by atoms with Crippen LogP contribution in [-0.2, 0) is 6.42 Å². The Morgan fingerprint density at radius 1 is 1.35 bits per heavy atom. The van der Waals surface area contributed by atoms with Crippen LogP contribution >= 0.6 is 15.9 Å². The van der Waals surface area contributed by atoms with E-state index in [0.29, 0.717) is 5.75 Å². The van der Waals surface area contributed by atoms with Crippen molar-refractivity contribution in [2.45, 2.75) is 38.8 Å². The average molecular weight is 338 g/mol. The molecular weight excluding hydrogens is 318 g/mol. The van der Waals surface area contributed by atoms with Crippen LogP contribution in [0.2, 0.25) is 0 Å². The van der Waals surface area contributed by atoms with E-state index in [1.54, 1.807) is 12.3 Å². The number of hydrogen-bond donors (Lipinski definition) is 2. The molecule has 2 aromatic rings. The molecule has 0 aliphatic carbocycles. The number of aromatic hydroxyl groups is 1. The summed E-state index contributed by atoms with van der Waals surface area (Å²) >= 11 is 3.45. The van der Waals surface area contributed by atoms with Crippen molar-refractivity contribution in [2.75, 3.05) is 0 Å². The van der Waals surface area contributed by atoms with Gasteiger partial charge in [-0.05, 0) is 43.7 Å². The Morgan fingerprint density at radius 2 is 2.15 bits per heavy atom. The van der Waals surface area contributed by atoms with Crippen LogP contribution in [0.25, 0.3) is 0 Å². The molecule has 2 rings (SSSR count). The van der Waals surface area contributed by atoms with Crippen molar-refractivity contribution < 1.29 is 9.52 Å². The summed E-state index contributed by atoms with van der Waals surface area (Å²) in [6.07, 6.45) is 3.43. The van der Waals surface area contributed by atoms with Crippen LogP contribution in [0.3, 0.4) is 0 Å². The maximum absolute atomic E-state index is 10.0. The molecule has 0 fully saturated rings. The molecule has 20 heavy (non-hydrogen) atoms. The minimum Gasteiger partial charge on any atom is -0.508 e. The van der Waals surface area contributed by atoms with E-state index >= 15 is 0 Å². The van der Waals surface area contributed by atoms with E-state index in [1.807, 2.05) is 24.3 Å².